The highest BCUT2D eigenvalue weighted by molar-refractivity contribution is 7.89. The molecule has 2 N–H and O–H groups in total. The molecule has 1 amide bonds. The van der Waals surface area contributed by atoms with E-state index in [0.717, 1.165) is 12.8 Å². The molecule has 3 atom stereocenters. The van der Waals surface area contributed by atoms with Crippen LogP contribution in [0.15, 0.2) is 23.1 Å². The van der Waals surface area contributed by atoms with Crippen LogP contribution in [-0.4, -0.2) is 78.2 Å². The number of ether oxygens (including phenoxy) is 1. The number of benzene rings is 1. The highest BCUT2D eigenvalue weighted by atomic mass is 32.2. The Morgan fingerprint density at radius 3 is 2.62 bits per heavy atom. The molecular weight excluding hydrogens is 456 g/mol. The summed E-state index contributed by atoms with van der Waals surface area (Å²) in [5, 5.41) is 19.7. The van der Waals surface area contributed by atoms with E-state index in [1.807, 2.05) is 6.92 Å². The summed E-state index contributed by atoms with van der Waals surface area (Å²) in [5.74, 6) is 6.01. The third-order valence-electron chi connectivity index (χ3n) is 6.22. The Morgan fingerprint density at radius 2 is 2.03 bits per heavy atom. The highest BCUT2D eigenvalue weighted by Crippen LogP contribution is 2.35. The summed E-state index contributed by atoms with van der Waals surface area (Å²) in [6.45, 7) is 6.83. The second kappa shape index (κ2) is 10.2. The van der Waals surface area contributed by atoms with Crippen molar-refractivity contribution < 1.29 is 28.2 Å². The van der Waals surface area contributed by atoms with Gasteiger partial charge in [0.15, 0.2) is 0 Å². The van der Waals surface area contributed by atoms with Crippen LogP contribution in [0.3, 0.4) is 0 Å². The van der Waals surface area contributed by atoms with Gasteiger partial charge >= 0.3 is 0 Å². The molecule has 0 saturated heterocycles. The lowest BCUT2D eigenvalue weighted by Gasteiger charge is -2.37. The van der Waals surface area contributed by atoms with Crippen molar-refractivity contribution in [3.63, 3.8) is 0 Å². The number of aliphatic hydroxyl groups excluding tert-OH is 1. The van der Waals surface area contributed by atoms with Crippen LogP contribution in [0.25, 0.3) is 0 Å². The predicted molar refractivity (Wildman–Crippen MR) is 129 cm³/mol. The molecule has 8 nitrogen and oxygen atoms in total. The molecule has 1 aromatic carbocycles. The summed E-state index contributed by atoms with van der Waals surface area (Å²) in [6, 6.07) is 3.96. The van der Waals surface area contributed by atoms with Gasteiger partial charge in [-0.15, -0.1) is 0 Å². The smallest absolute Gasteiger partial charge is 0.247 e. The molecule has 0 spiro atoms. The van der Waals surface area contributed by atoms with Crippen LogP contribution in [0, 0.1) is 23.7 Å². The molecule has 1 aliphatic carbocycles. The van der Waals surface area contributed by atoms with Gasteiger partial charge in [0.2, 0.25) is 15.9 Å². The first kappa shape index (κ1) is 26.5. The van der Waals surface area contributed by atoms with E-state index in [0.29, 0.717) is 24.4 Å². The normalized spacial score (nSPS) is 23.4. The molecule has 1 aromatic rings. The number of sulfonamides is 1. The standard InChI is InChI=1S/C25H36N2O6S/c1-17-14-27(18(2)16-28)34(31,32)23-9-8-20(10-11-25(3,4)30)12-21(23)33-22(17)15-26(5)24(29)13-19-6-7-19/h8-9,12,17-19,22,28,30H,6-7,13-16H2,1-5H3/t17-,18+,22+/m1/s1. The Morgan fingerprint density at radius 1 is 1.35 bits per heavy atom. The maximum atomic E-state index is 13.5. The molecule has 34 heavy (non-hydrogen) atoms. The summed E-state index contributed by atoms with van der Waals surface area (Å²) in [7, 11) is -2.21. The molecule has 0 aromatic heterocycles. The number of amides is 1. The van der Waals surface area contributed by atoms with E-state index < -0.39 is 27.8 Å². The van der Waals surface area contributed by atoms with E-state index in [1.54, 1.807) is 44.9 Å². The number of aliphatic hydroxyl groups is 2. The Labute approximate surface area is 202 Å². The second-order valence-electron chi connectivity index (χ2n) is 10.1. The van der Waals surface area contributed by atoms with Crippen LogP contribution in [-0.2, 0) is 14.8 Å². The topological polar surface area (TPSA) is 107 Å². The van der Waals surface area contributed by atoms with Gasteiger partial charge in [0.1, 0.15) is 22.4 Å². The molecule has 1 fully saturated rings. The lowest BCUT2D eigenvalue weighted by atomic mass is 10.0. The number of likely N-dealkylation sites (N-methyl/N-ethyl adjacent to an activating group) is 1. The first-order valence-corrected chi connectivity index (χ1v) is 13.2. The van der Waals surface area contributed by atoms with E-state index >= 15 is 0 Å². The Kier molecular flexibility index (Phi) is 7.98. The maximum absolute atomic E-state index is 13.5. The summed E-state index contributed by atoms with van der Waals surface area (Å²) < 4.78 is 34.6. The lowest BCUT2D eigenvalue weighted by Crippen LogP contribution is -2.50. The predicted octanol–water partition coefficient (Wildman–Crippen LogP) is 1.84. The Balaban J connectivity index is 2.00. The van der Waals surface area contributed by atoms with Crippen LogP contribution in [0.2, 0.25) is 0 Å². The van der Waals surface area contributed by atoms with Crippen LogP contribution >= 0.6 is 0 Å². The Bertz CT molecular complexity index is 1070. The number of fused-ring (bicyclic) bond motifs is 1. The number of hydrogen-bond donors (Lipinski definition) is 2. The first-order chi connectivity index (χ1) is 15.8. The number of carbonyl (C=O) groups excluding carboxylic acids is 1. The zero-order chi connectivity index (χ0) is 25.3. The van der Waals surface area contributed by atoms with Gasteiger partial charge in [0.05, 0.1) is 13.2 Å². The number of carbonyl (C=O) groups is 1. The van der Waals surface area contributed by atoms with Crippen molar-refractivity contribution in [3.8, 4) is 17.6 Å². The van der Waals surface area contributed by atoms with Crippen molar-refractivity contribution in [2.75, 3.05) is 26.7 Å². The molecule has 0 bridgehead atoms. The van der Waals surface area contributed by atoms with E-state index in [-0.39, 0.29) is 35.6 Å². The third kappa shape index (κ3) is 6.51. The van der Waals surface area contributed by atoms with Crippen LogP contribution in [0.4, 0.5) is 0 Å². The van der Waals surface area contributed by atoms with Gasteiger partial charge in [0, 0.05) is 37.5 Å². The molecule has 1 aliphatic heterocycles. The third-order valence-corrected chi connectivity index (χ3v) is 8.24. The maximum Gasteiger partial charge on any atom is 0.247 e. The van der Waals surface area contributed by atoms with Crippen molar-refractivity contribution in [3.05, 3.63) is 23.8 Å². The van der Waals surface area contributed by atoms with E-state index in [9.17, 15) is 23.4 Å². The molecule has 188 valence electrons. The highest BCUT2D eigenvalue weighted by Gasteiger charge is 2.38. The molecule has 2 aliphatic rings. The largest absolute Gasteiger partial charge is 0.487 e. The van der Waals surface area contributed by atoms with Crippen molar-refractivity contribution in [2.45, 2.75) is 69.6 Å². The average molecular weight is 493 g/mol. The van der Waals surface area contributed by atoms with Gasteiger partial charge in [-0.2, -0.15) is 4.31 Å². The van der Waals surface area contributed by atoms with Crippen molar-refractivity contribution in [2.24, 2.45) is 11.8 Å². The fourth-order valence-corrected chi connectivity index (χ4v) is 5.67. The van der Waals surface area contributed by atoms with E-state index in [2.05, 4.69) is 11.8 Å². The van der Waals surface area contributed by atoms with Gasteiger partial charge in [-0.1, -0.05) is 18.8 Å². The van der Waals surface area contributed by atoms with Crippen molar-refractivity contribution in [1.29, 1.82) is 0 Å². The Hall–Kier alpha value is -2.12. The van der Waals surface area contributed by atoms with Crippen LogP contribution < -0.4 is 4.74 Å². The summed E-state index contributed by atoms with van der Waals surface area (Å²) in [5.41, 5.74) is -0.699. The van der Waals surface area contributed by atoms with E-state index in [1.165, 1.54) is 10.4 Å². The minimum Gasteiger partial charge on any atom is -0.487 e. The number of rotatable bonds is 6. The lowest BCUT2D eigenvalue weighted by molar-refractivity contribution is -0.131. The fraction of sp³-hybridized carbons (Fsp3) is 0.640. The zero-order valence-corrected chi connectivity index (χ0v) is 21.4. The molecule has 3 rings (SSSR count). The van der Waals surface area contributed by atoms with Gasteiger partial charge in [0.25, 0.3) is 0 Å². The summed E-state index contributed by atoms with van der Waals surface area (Å²) >= 11 is 0. The van der Waals surface area contributed by atoms with Gasteiger partial charge in [-0.05, 0) is 57.7 Å². The summed E-state index contributed by atoms with van der Waals surface area (Å²) in [6.07, 6.45) is 2.23. The van der Waals surface area contributed by atoms with Crippen LogP contribution in [0.1, 0.15) is 52.5 Å². The molecule has 9 heteroatoms. The minimum absolute atomic E-state index is 0.00883. The molecule has 0 unspecified atom stereocenters. The second-order valence-corrected chi connectivity index (χ2v) is 12.0. The number of hydrogen-bond acceptors (Lipinski definition) is 6. The molecule has 1 heterocycles. The SMILES string of the molecule is C[C@@H]1CN([C@@H](C)CO)S(=O)(=O)c2ccc(C#CC(C)(C)O)cc2O[C@H]1CN(C)C(=O)CC1CC1. The molecule has 1 saturated carbocycles. The van der Waals surface area contributed by atoms with E-state index in [4.69, 9.17) is 4.74 Å². The monoisotopic (exact) mass is 492 g/mol. The van der Waals surface area contributed by atoms with Crippen molar-refractivity contribution >= 4 is 15.9 Å². The molecule has 0 radical (unpaired) electrons. The quantitative estimate of drug-likeness (QED) is 0.587. The van der Waals surface area contributed by atoms with Gasteiger partial charge in [-0.3, -0.25) is 4.79 Å². The first-order valence-electron chi connectivity index (χ1n) is 11.7. The fourth-order valence-electron chi connectivity index (χ4n) is 3.84. The number of nitrogens with zero attached hydrogens (tertiary/aromatic N) is 2. The minimum atomic E-state index is -3.95. The zero-order valence-electron chi connectivity index (χ0n) is 20.6. The van der Waals surface area contributed by atoms with Gasteiger partial charge in [-0.25, -0.2) is 8.42 Å². The molecular formula is C25H36N2O6S. The van der Waals surface area contributed by atoms with Crippen molar-refractivity contribution in [1.82, 2.24) is 9.21 Å². The summed E-state index contributed by atoms with van der Waals surface area (Å²) in [4.78, 5) is 14.3. The average Bonchev–Trinajstić information content (AvgIpc) is 3.57. The van der Waals surface area contributed by atoms with Crippen LogP contribution in [0.5, 0.6) is 5.75 Å². The van der Waals surface area contributed by atoms with Gasteiger partial charge < -0.3 is 19.8 Å².